The number of benzene rings is 2. The van der Waals surface area contributed by atoms with Gasteiger partial charge in [0.25, 0.3) is 11.5 Å². The van der Waals surface area contributed by atoms with Crippen LogP contribution in [0.3, 0.4) is 0 Å². The molecule has 164 valence electrons. The minimum atomic E-state index is -0.243. The lowest BCUT2D eigenvalue weighted by Gasteiger charge is -2.21. The average molecular weight is 448 g/mol. The number of hydrogen-bond donors (Lipinski definition) is 0. The first kappa shape index (κ1) is 21.9. The molecule has 0 aliphatic rings. The predicted molar refractivity (Wildman–Crippen MR) is 129 cm³/mol. The Hall–Kier alpha value is -3.29. The number of methoxy groups -OCH3 is 1. The number of rotatable bonds is 7. The summed E-state index contributed by atoms with van der Waals surface area (Å²) in [4.78, 5) is 32.3. The Bertz CT molecular complexity index is 1260. The first-order valence-corrected chi connectivity index (χ1v) is 11.3. The molecule has 0 unspecified atom stereocenters. The van der Waals surface area contributed by atoms with Crippen LogP contribution in [0.25, 0.3) is 10.2 Å². The number of anilines is 2. The summed E-state index contributed by atoms with van der Waals surface area (Å²) in [5.74, 6) is 0.146. The van der Waals surface area contributed by atoms with Gasteiger partial charge in [0, 0.05) is 25.9 Å². The number of aromatic nitrogens is 2. The number of carbonyl (C=O) groups is 1. The Morgan fingerprint density at radius 2 is 1.84 bits per heavy atom. The second-order valence-electron chi connectivity index (χ2n) is 7.79. The van der Waals surface area contributed by atoms with Crippen molar-refractivity contribution in [1.82, 2.24) is 9.55 Å². The van der Waals surface area contributed by atoms with Crippen LogP contribution in [-0.2, 0) is 11.3 Å². The molecule has 7 heteroatoms. The first-order valence-electron chi connectivity index (χ1n) is 10.5. The number of amides is 1. The normalized spacial score (nSPS) is 11.2. The molecule has 0 spiro atoms. The van der Waals surface area contributed by atoms with E-state index in [1.807, 2.05) is 48.5 Å². The van der Waals surface area contributed by atoms with E-state index in [1.165, 1.54) is 27.5 Å². The summed E-state index contributed by atoms with van der Waals surface area (Å²) in [7, 11) is 1.58. The van der Waals surface area contributed by atoms with Gasteiger partial charge in [-0.25, -0.2) is 4.98 Å². The molecule has 4 rings (SSSR count). The molecule has 0 N–H and O–H groups in total. The Kier molecular flexibility index (Phi) is 6.48. The van der Waals surface area contributed by atoms with Crippen molar-refractivity contribution in [1.29, 1.82) is 0 Å². The van der Waals surface area contributed by atoms with Gasteiger partial charge in [-0.15, -0.1) is 0 Å². The molecule has 0 aliphatic carbocycles. The van der Waals surface area contributed by atoms with Gasteiger partial charge in [0.05, 0.1) is 28.1 Å². The lowest BCUT2D eigenvalue weighted by Crippen LogP contribution is -2.29. The summed E-state index contributed by atoms with van der Waals surface area (Å²) in [6.07, 6.45) is 1.59. The van der Waals surface area contributed by atoms with E-state index in [0.717, 1.165) is 15.9 Å². The standard InChI is InChI=1S/C25H25N3O3S/c1-17(2)18-8-11-20(12-9-18)28(25-26-21-6-4-5-7-22(21)32-25)24(30)19-10-13-23(29)27(16-19)14-15-31-3/h4-13,16-17H,14-15H2,1-3H3. The summed E-state index contributed by atoms with van der Waals surface area (Å²) in [6, 6.07) is 18.8. The fourth-order valence-corrected chi connectivity index (χ4v) is 4.42. The molecular weight excluding hydrogens is 422 g/mol. The van der Waals surface area contributed by atoms with E-state index in [2.05, 4.69) is 13.8 Å². The number of hydrogen-bond acceptors (Lipinski definition) is 5. The first-order chi connectivity index (χ1) is 15.5. The Morgan fingerprint density at radius 1 is 1.09 bits per heavy atom. The fraction of sp³-hybridized carbons (Fsp3) is 0.240. The van der Waals surface area contributed by atoms with Crippen LogP contribution >= 0.6 is 11.3 Å². The molecule has 32 heavy (non-hydrogen) atoms. The van der Waals surface area contributed by atoms with Gasteiger partial charge >= 0.3 is 0 Å². The molecule has 0 bridgehead atoms. The highest BCUT2D eigenvalue weighted by atomic mass is 32.1. The van der Waals surface area contributed by atoms with Gasteiger partial charge in [-0.3, -0.25) is 14.5 Å². The van der Waals surface area contributed by atoms with Crippen LogP contribution in [-0.4, -0.2) is 29.2 Å². The molecule has 1 amide bonds. The van der Waals surface area contributed by atoms with E-state index in [4.69, 9.17) is 9.72 Å². The van der Waals surface area contributed by atoms with Crippen LogP contribution in [0.5, 0.6) is 0 Å². The van der Waals surface area contributed by atoms with E-state index in [9.17, 15) is 9.59 Å². The van der Waals surface area contributed by atoms with Gasteiger partial charge < -0.3 is 9.30 Å². The topological polar surface area (TPSA) is 64.4 Å². The highest BCUT2D eigenvalue weighted by Crippen LogP contribution is 2.35. The zero-order chi connectivity index (χ0) is 22.7. The average Bonchev–Trinajstić information content (AvgIpc) is 3.22. The summed E-state index contributed by atoms with van der Waals surface area (Å²) >= 11 is 1.46. The highest BCUT2D eigenvalue weighted by Gasteiger charge is 2.24. The zero-order valence-corrected chi connectivity index (χ0v) is 19.1. The minimum Gasteiger partial charge on any atom is -0.383 e. The van der Waals surface area contributed by atoms with Gasteiger partial charge in [-0.1, -0.05) is 49.4 Å². The third kappa shape index (κ3) is 4.49. The molecule has 0 aliphatic heterocycles. The second-order valence-corrected chi connectivity index (χ2v) is 8.80. The monoisotopic (exact) mass is 447 g/mol. The summed E-state index contributed by atoms with van der Waals surface area (Å²) in [5, 5.41) is 0.586. The van der Waals surface area contributed by atoms with E-state index in [0.29, 0.717) is 29.8 Å². The number of nitrogens with zero attached hydrogens (tertiary/aromatic N) is 3. The summed E-state index contributed by atoms with van der Waals surface area (Å²) in [6.45, 7) is 5.03. The highest BCUT2D eigenvalue weighted by molar-refractivity contribution is 7.22. The van der Waals surface area contributed by atoms with Gasteiger partial charge in [0.2, 0.25) is 0 Å². The van der Waals surface area contributed by atoms with Crippen molar-refractivity contribution in [3.8, 4) is 0 Å². The quantitative estimate of drug-likeness (QED) is 0.390. The molecule has 0 saturated carbocycles. The molecule has 0 saturated heterocycles. The number of ether oxygens (including phenoxy) is 1. The van der Waals surface area contributed by atoms with Gasteiger partial charge in [-0.2, -0.15) is 0 Å². The fourth-order valence-electron chi connectivity index (χ4n) is 3.43. The van der Waals surface area contributed by atoms with Crippen molar-refractivity contribution < 1.29 is 9.53 Å². The zero-order valence-electron chi connectivity index (χ0n) is 18.3. The molecular formula is C25H25N3O3S. The van der Waals surface area contributed by atoms with Crippen molar-refractivity contribution in [3.05, 3.63) is 88.3 Å². The maximum atomic E-state index is 13.7. The Morgan fingerprint density at radius 3 is 2.53 bits per heavy atom. The third-order valence-corrected chi connectivity index (χ3v) is 6.28. The largest absolute Gasteiger partial charge is 0.383 e. The lowest BCUT2D eigenvalue weighted by molar-refractivity contribution is 0.0998. The van der Waals surface area contributed by atoms with Crippen molar-refractivity contribution >= 4 is 38.3 Å². The lowest BCUT2D eigenvalue weighted by atomic mass is 10.0. The van der Waals surface area contributed by atoms with Crippen LogP contribution in [0, 0.1) is 0 Å². The van der Waals surface area contributed by atoms with E-state index < -0.39 is 0 Å². The molecule has 6 nitrogen and oxygen atoms in total. The summed E-state index contributed by atoms with van der Waals surface area (Å²) in [5.41, 5.74) is 3.00. The van der Waals surface area contributed by atoms with Crippen molar-refractivity contribution in [2.24, 2.45) is 0 Å². The number of thiazole rings is 1. The number of para-hydroxylation sites is 1. The smallest absolute Gasteiger partial charge is 0.266 e. The van der Waals surface area contributed by atoms with E-state index >= 15 is 0 Å². The van der Waals surface area contributed by atoms with Crippen molar-refractivity contribution in [3.63, 3.8) is 0 Å². The van der Waals surface area contributed by atoms with Crippen molar-refractivity contribution in [2.75, 3.05) is 18.6 Å². The van der Waals surface area contributed by atoms with Crippen LogP contribution in [0.4, 0.5) is 10.8 Å². The van der Waals surface area contributed by atoms with Crippen LogP contribution in [0.15, 0.2) is 71.7 Å². The van der Waals surface area contributed by atoms with Crippen LogP contribution in [0.2, 0.25) is 0 Å². The van der Waals surface area contributed by atoms with Crippen LogP contribution < -0.4 is 10.5 Å². The number of fused-ring (bicyclic) bond motifs is 1. The maximum Gasteiger partial charge on any atom is 0.266 e. The Labute approximate surface area is 190 Å². The summed E-state index contributed by atoms with van der Waals surface area (Å²) < 4.78 is 7.59. The number of carbonyl (C=O) groups excluding carboxylic acids is 1. The second kappa shape index (κ2) is 9.46. The minimum absolute atomic E-state index is 0.175. The van der Waals surface area contributed by atoms with E-state index in [-0.39, 0.29) is 11.5 Å². The molecule has 0 radical (unpaired) electrons. The Balaban J connectivity index is 1.80. The molecule has 0 fully saturated rings. The predicted octanol–water partition coefficient (Wildman–Crippen LogP) is 5.21. The molecule has 4 aromatic rings. The molecule has 2 aromatic heterocycles. The maximum absolute atomic E-state index is 13.7. The van der Waals surface area contributed by atoms with Crippen molar-refractivity contribution in [2.45, 2.75) is 26.3 Å². The van der Waals surface area contributed by atoms with Gasteiger partial charge in [0.15, 0.2) is 5.13 Å². The number of pyridine rings is 1. The van der Waals surface area contributed by atoms with Crippen LogP contribution in [0.1, 0.15) is 35.7 Å². The molecule has 2 aromatic carbocycles. The molecule has 2 heterocycles. The molecule has 0 atom stereocenters. The van der Waals surface area contributed by atoms with Gasteiger partial charge in [-0.05, 0) is 41.8 Å². The SMILES string of the molecule is COCCn1cc(C(=O)N(c2ccc(C(C)C)cc2)c2nc3ccccc3s2)ccc1=O. The van der Waals surface area contributed by atoms with Gasteiger partial charge in [0.1, 0.15) is 0 Å². The van der Waals surface area contributed by atoms with E-state index in [1.54, 1.807) is 24.3 Å². The third-order valence-electron chi connectivity index (χ3n) is 5.26.